The molecular formula is C12H16OS. The van der Waals surface area contributed by atoms with Gasteiger partial charge in [-0.1, -0.05) is 23.8 Å². The Bertz CT molecular complexity index is 279. The van der Waals surface area contributed by atoms with E-state index in [0.29, 0.717) is 6.42 Å². The summed E-state index contributed by atoms with van der Waals surface area (Å²) in [4.78, 5) is 1.21. The molecule has 0 spiro atoms. The molecule has 0 saturated carbocycles. The molecule has 0 aliphatic carbocycles. The average Bonchev–Trinajstić information content (AvgIpc) is 2.17. The Kier molecular flexibility index (Phi) is 4.77. The monoisotopic (exact) mass is 208 g/mol. The van der Waals surface area contributed by atoms with Gasteiger partial charge >= 0.3 is 0 Å². The van der Waals surface area contributed by atoms with E-state index in [1.54, 1.807) is 17.8 Å². The number of hydrogen-bond donors (Lipinski definition) is 1. The topological polar surface area (TPSA) is 20.2 Å². The molecule has 14 heavy (non-hydrogen) atoms. The summed E-state index contributed by atoms with van der Waals surface area (Å²) in [6.07, 6.45) is 2.14. The minimum Gasteiger partial charge on any atom is -0.392 e. The fraction of sp³-hybridized carbons (Fsp3) is 0.333. The first kappa shape index (κ1) is 11.3. The fourth-order valence-corrected chi connectivity index (χ4v) is 1.94. The maximum absolute atomic E-state index is 9.47. The molecule has 0 saturated heterocycles. The van der Waals surface area contributed by atoms with E-state index in [9.17, 15) is 5.11 Å². The quantitative estimate of drug-likeness (QED) is 0.593. The van der Waals surface area contributed by atoms with Crippen LogP contribution in [0, 0.1) is 6.92 Å². The standard InChI is InChI=1S/C12H16OS/c1-3-4-11(13)9-14-12-7-5-10(2)6-8-12/h3,5-8,11,13H,1,4,9H2,2H3. The number of aryl methyl sites for hydroxylation is 1. The van der Waals surface area contributed by atoms with Gasteiger partial charge in [0.05, 0.1) is 6.10 Å². The molecule has 0 bridgehead atoms. The molecule has 1 aromatic rings. The average molecular weight is 208 g/mol. The summed E-state index contributed by atoms with van der Waals surface area (Å²) in [6.45, 7) is 5.67. The van der Waals surface area contributed by atoms with Crippen molar-refractivity contribution in [3.05, 3.63) is 42.5 Å². The Labute approximate surface area is 89.8 Å². The van der Waals surface area contributed by atoms with Gasteiger partial charge in [-0.25, -0.2) is 0 Å². The number of aliphatic hydroxyl groups is 1. The third-order valence-corrected chi connectivity index (χ3v) is 3.06. The normalized spacial score (nSPS) is 12.4. The zero-order valence-corrected chi connectivity index (χ0v) is 9.26. The molecule has 1 unspecified atom stereocenters. The predicted octanol–water partition coefficient (Wildman–Crippen LogP) is 3.02. The van der Waals surface area contributed by atoms with Crippen LogP contribution in [0.3, 0.4) is 0 Å². The largest absolute Gasteiger partial charge is 0.392 e. The SMILES string of the molecule is C=CCC(O)CSc1ccc(C)cc1. The molecule has 1 atom stereocenters. The Hall–Kier alpha value is -0.730. The van der Waals surface area contributed by atoms with Crippen LogP contribution in [-0.2, 0) is 0 Å². The highest BCUT2D eigenvalue weighted by molar-refractivity contribution is 7.99. The highest BCUT2D eigenvalue weighted by Gasteiger charge is 2.02. The second kappa shape index (κ2) is 5.89. The van der Waals surface area contributed by atoms with Gasteiger partial charge in [-0.05, 0) is 25.5 Å². The maximum Gasteiger partial charge on any atom is 0.0668 e. The van der Waals surface area contributed by atoms with Crippen LogP contribution in [-0.4, -0.2) is 17.0 Å². The van der Waals surface area contributed by atoms with E-state index >= 15 is 0 Å². The summed E-state index contributed by atoms with van der Waals surface area (Å²) in [5.41, 5.74) is 1.26. The van der Waals surface area contributed by atoms with Crippen molar-refractivity contribution < 1.29 is 5.11 Å². The molecule has 0 heterocycles. The molecule has 1 nitrogen and oxygen atoms in total. The van der Waals surface area contributed by atoms with E-state index in [-0.39, 0.29) is 6.10 Å². The van der Waals surface area contributed by atoms with E-state index in [2.05, 4.69) is 37.8 Å². The van der Waals surface area contributed by atoms with Crippen LogP contribution in [0.4, 0.5) is 0 Å². The first-order valence-electron chi connectivity index (χ1n) is 4.71. The molecule has 0 aromatic heterocycles. The van der Waals surface area contributed by atoms with Crippen molar-refractivity contribution in [1.29, 1.82) is 0 Å². The first-order valence-corrected chi connectivity index (χ1v) is 5.69. The summed E-state index contributed by atoms with van der Waals surface area (Å²) in [5, 5.41) is 9.47. The number of rotatable bonds is 5. The molecule has 0 radical (unpaired) electrons. The fourth-order valence-electron chi connectivity index (χ4n) is 1.09. The van der Waals surface area contributed by atoms with Crippen molar-refractivity contribution in [1.82, 2.24) is 0 Å². The molecule has 0 amide bonds. The third kappa shape index (κ3) is 3.99. The summed E-state index contributed by atoms with van der Waals surface area (Å²) in [7, 11) is 0. The lowest BCUT2D eigenvalue weighted by Gasteiger charge is -2.07. The molecule has 1 aromatic carbocycles. The van der Waals surface area contributed by atoms with Crippen LogP contribution in [0.1, 0.15) is 12.0 Å². The van der Waals surface area contributed by atoms with Gasteiger partial charge < -0.3 is 5.11 Å². The highest BCUT2D eigenvalue weighted by Crippen LogP contribution is 2.19. The van der Waals surface area contributed by atoms with E-state index in [1.807, 2.05) is 0 Å². The van der Waals surface area contributed by atoms with Crippen LogP contribution >= 0.6 is 11.8 Å². The van der Waals surface area contributed by atoms with Crippen LogP contribution in [0.15, 0.2) is 41.8 Å². The second-order valence-electron chi connectivity index (χ2n) is 3.30. The van der Waals surface area contributed by atoms with Crippen molar-refractivity contribution >= 4 is 11.8 Å². The smallest absolute Gasteiger partial charge is 0.0668 e. The van der Waals surface area contributed by atoms with Gasteiger partial charge in [-0.15, -0.1) is 18.3 Å². The molecule has 0 fully saturated rings. The van der Waals surface area contributed by atoms with Gasteiger partial charge in [0.2, 0.25) is 0 Å². The van der Waals surface area contributed by atoms with Crippen LogP contribution < -0.4 is 0 Å². The van der Waals surface area contributed by atoms with Gasteiger partial charge in [-0.3, -0.25) is 0 Å². The number of thioether (sulfide) groups is 1. The first-order chi connectivity index (χ1) is 6.72. The summed E-state index contributed by atoms with van der Waals surface area (Å²) >= 11 is 1.68. The minimum absolute atomic E-state index is 0.279. The van der Waals surface area contributed by atoms with E-state index in [1.165, 1.54) is 10.5 Å². The molecule has 2 heteroatoms. The zero-order chi connectivity index (χ0) is 10.4. The van der Waals surface area contributed by atoms with Gasteiger partial charge in [0.15, 0.2) is 0 Å². The lowest BCUT2D eigenvalue weighted by molar-refractivity contribution is 0.203. The number of benzene rings is 1. The lowest BCUT2D eigenvalue weighted by Crippen LogP contribution is -2.07. The molecular weight excluding hydrogens is 192 g/mol. The van der Waals surface area contributed by atoms with Crippen molar-refractivity contribution in [2.75, 3.05) is 5.75 Å². The third-order valence-electron chi connectivity index (χ3n) is 1.90. The maximum atomic E-state index is 9.47. The molecule has 0 aliphatic heterocycles. The summed E-state index contributed by atoms with van der Waals surface area (Å²) in [5.74, 6) is 0.731. The van der Waals surface area contributed by atoms with Crippen molar-refractivity contribution in [3.8, 4) is 0 Å². The molecule has 1 N–H and O–H groups in total. The van der Waals surface area contributed by atoms with Gasteiger partial charge in [0.25, 0.3) is 0 Å². The Balaban J connectivity index is 2.37. The van der Waals surface area contributed by atoms with Crippen molar-refractivity contribution in [2.24, 2.45) is 0 Å². The van der Waals surface area contributed by atoms with E-state index < -0.39 is 0 Å². The van der Waals surface area contributed by atoms with Gasteiger partial charge in [-0.2, -0.15) is 0 Å². The number of hydrogen-bond acceptors (Lipinski definition) is 2. The van der Waals surface area contributed by atoms with E-state index in [4.69, 9.17) is 0 Å². The lowest BCUT2D eigenvalue weighted by atomic mass is 10.2. The van der Waals surface area contributed by atoms with Crippen LogP contribution in [0.2, 0.25) is 0 Å². The Morgan fingerprint density at radius 1 is 1.43 bits per heavy atom. The summed E-state index contributed by atoms with van der Waals surface area (Å²) < 4.78 is 0. The second-order valence-corrected chi connectivity index (χ2v) is 4.40. The van der Waals surface area contributed by atoms with Gasteiger partial charge in [0.1, 0.15) is 0 Å². The Morgan fingerprint density at radius 2 is 2.07 bits per heavy atom. The van der Waals surface area contributed by atoms with Crippen LogP contribution in [0.25, 0.3) is 0 Å². The summed E-state index contributed by atoms with van der Waals surface area (Å²) in [6, 6.07) is 8.34. The predicted molar refractivity (Wildman–Crippen MR) is 62.7 cm³/mol. The van der Waals surface area contributed by atoms with Crippen molar-refractivity contribution in [2.45, 2.75) is 24.3 Å². The number of aliphatic hydroxyl groups excluding tert-OH is 1. The molecule has 0 aliphatic rings. The molecule has 76 valence electrons. The Morgan fingerprint density at radius 3 is 2.64 bits per heavy atom. The zero-order valence-electron chi connectivity index (χ0n) is 8.44. The minimum atomic E-state index is -0.279. The van der Waals surface area contributed by atoms with Crippen molar-refractivity contribution in [3.63, 3.8) is 0 Å². The van der Waals surface area contributed by atoms with E-state index in [0.717, 1.165) is 5.75 Å². The molecule has 1 rings (SSSR count). The van der Waals surface area contributed by atoms with Gasteiger partial charge in [0, 0.05) is 10.6 Å². The highest BCUT2D eigenvalue weighted by atomic mass is 32.2. The van der Waals surface area contributed by atoms with Crippen LogP contribution in [0.5, 0.6) is 0 Å².